The zero-order chi connectivity index (χ0) is 37.8. The van der Waals surface area contributed by atoms with Gasteiger partial charge in [-0.05, 0) is 109 Å². The summed E-state index contributed by atoms with van der Waals surface area (Å²) < 4.78 is 0. The maximum Gasteiger partial charge on any atom is 0.335 e. The first-order valence-corrected chi connectivity index (χ1v) is 16.6. The Balaban J connectivity index is 1.55. The minimum Gasteiger partial charge on any atom is -0.478 e. The van der Waals surface area contributed by atoms with Crippen molar-refractivity contribution in [3.05, 3.63) is 136 Å². The topological polar surface area (TPSA) is 209 Å². The van der Waals surface area contributed by atoms with Crippen molar-refractivity contribution in [3.63, 3.8) is 0 Å². The molecule has 1 aliphatic rings. The van der Waals surface area contributed by atoms with E-state index in [1.165, 1.54) is 24.3 Å². The van der Waals surface area contributed by atoms with Crippen LogP contribution in [-0.2, 0) is 0 Å². The molecule has 4 aromatic heterocycles. The van der Waals surface area contributed by atoms with Crippen LogP contribution in [0.1, 0.15) is 58.4 Å². The van der Waals surface area contributed by atoms with E-state index in [9.17, 15) is 39.6 Å². The number of hydrogen-bond acceptors (Lipinski definition) is 5. The summed E-state index contributed by atoms with van der Waals surface area (Å²) >= 11 is 0. The molecule has 3 aromatic carbocycles. The van der Waals surface area contributed by atoms with Gasteiger partial charge in [-0.1, -0.05) is 29.8 Å². The summed E-state index contributed by atoms with van der Waals surface area (Å²) in [6.45, 7) is 1.97. The number of nitrogens with zero attached hydrogens (tertiary/aromatic N) is 1. The van der Waals surface area contributed by atoms with Crippen LogP contribution in [0.15, 0.2) is 97.1 Å². The SMILES string of the molecule is Cc1ccc(-c2c3nc(c(-c4cc(C(=O)O)cc(C(=O)O)c4)c4ccc([nH]4)c4ccc([nH]4)c(-c4cc(C(=O)O)cc(C(=O)O)c4)c4ccc2[nH]4)C=C3)cc1. The Morgan fingerprint density at radius 2 is 0.759 bits per heavy atom. The van der Waals surface area contributed by atoms with E-state index in [0.29, 0.717) is 72.3 Å². The minimum absolute atomic E-state index is 0.192. The molecule has 0 saturated carbocycles. The average molecular weight is 717 g/mol. The van der Waals surface area contributed by atoms with Crippen molar-refractivity contribution < 1.29 is 39.6 Å². The number of aromatic nitrogens is 4. The van der Waals surface area contributed by atoms with E-state index in [1.807, 2.05) is 61.5 Å². The summed E-state index contributed by atoms with van der Waals surface area (Å²) in [5.74, 6) is -5.12. The van der Waals surface area contributed by atoms with Crippen LogP contribution in [0.3, 0.4) is 0 Å². The van der Waals surface area contributed by atoms with Gasteiger partial charge >= 0.3 is 23.9 Å². The number of rotatable bonds is 7. The lowest BCUT2D eigenvalue weighted by Crippen LogP contribution is -2.03. The molecule has 0 radical (unpaired) electrons. The molecule has 12 heteroatoms. The van der Waals surface area contributed by atoms with E-state index in [-0.39, 0.29) is 22.3 Å². The second kappa shape index (κ2) is 12.8. The van der Waals surface area contributed by atoms with Gasteiger partial charge in [0, 0.05) is 38.8 Å². The molecule has 264 valence electrons. The molecule has 0 amide bonds. The molecule has 8 bridgehead atoms. The molecule has 5 heterocycles. The van der Waals surface area contributed by atoms with Gasteiger partial charge in [-0.15, -0.1) is 0 Å². The largest absolute Gasteiger partial charge is 0.478 e. The first-order valence-electron chi connectivity index (χ1n) is 16.6. The molecule has 54 heavy (non-hydrogen) atoms. The van der Waals surface area contributed by atoms with Crippen molar-refractivity contribution in [1.29, 1.82) is 0 Å². The molecular formula is C42H28N4O8. The number of carboxylic acids is 4. The van der Waals surface area contributed by atoms with Gasteiger partial charge in [-0.25, -0.2) is 24.2 Å². The number of aromatic carboxylic acids is 4. The van der Waals surface area contributed by atoms with Crippen molar-refractivity contribution in [2.45, 2.75) is 6.92 Å². The fourth-order valence-corrected chi connectivity index (χ4v) is 6.82. The van der Waals surface area contributed by atoms with Crippen molar-refractivity contribution in [2.75, 3.05) is 0 Å². The highest BCUT2D eigenvalue weighted by atomic mass is 16.4. The lowest BCUT2D eigenvalue weighted by Gasteiger charge is -2.08. The number of aromatic amines is 3. The summed E-state index contributed by atoms with van der Waals surface area (Å²) in [5, 5.41) is 39.7. The van der Waals surface area contributed by atoms with Crippen LogP contribution in [0.5, 0.6) is 0 Å². The zero-order valence-electron chi connectivity index (χ0n) is 28.3. The highest BCUT2D eigenvalue weighted by Crippen LogP contribution is 2.37. The minimum atomic E-state index is -1.28. The maximum atomic E-state index is 12.2. The Morgan fingerprint density at radius 1 is 0.426 bits per heavy atom. The molecular weight excluding hydrogens is 688 g/mol. The average Bonchev–Trinajstić information content (AvgIpc) is 3.98. The predicted octanol–water partition coefficient (Wildman–Crippen LogP) is 8.80. The number of benzene rings is 3. The summed E-state index contributed by atoms with van der Waals surface area (Å²) in [7, 11) is 0. The Hall–Kier alpha value is -7.73. The van der Waals surface area contributed by atoms with Gasteiger partial charge < -0.3 is 35.4 Å². The van der Waals surface area contributed by atoms with Gasteiger partial charge in [0.05, 0.1) is 44.7 Å². The smallest absolute Gasteiger partial charge is 0.335 e. The van der Waals surface area contributed by atoms with Crippen LogP contribution in [-0.4, -0.2) is 64.2 Å². The van der Waals surface area contributed by atoms with Gasteiger partial charge in [0.1, 0.15) is 0 Å². The van der Waals surface area contributed by atoms with Crippen LogP contribution >= 0.6 is 0 Å². The normalized spacial score (nSPS) is 11.6. The Labute approximate surface area is 304 Å². The molecule has 0 unspecified atom stereocenters. The standard InChI is InChI=1S/C42H28N4O8/c1-20-2-4-21(5-3-20)36-30-10-12-34(45-30)37(22-14-24(39(47)48)18-25(15-22)40(49)50)32-8-6-28(43-32)29-7-9-33(44-29)38(35-13-11-31(36)46-35)23-16-26(41(51)52)19-27(17-23)42(53)54/h2-19,43-45H,1H3,(H,47,48)(H,49,50)(H,51,52)(H,53,54). The molecule has 7 N–H and O–H groups in total. The van der Waals surface area contributed by atoms with Crippen LogP contribution in [0.25, 0.3) is 78.6 Å². The van der Waals surface area contributed by atoms with E-state index in [1.54, 1.807) is 18.2 Å². The third-order valence-electron chi connectivity index (χ3n) is 9.35. The number of H-pyrrole nitrogens is 3. The summed E-state index contributed by atoms with van der Waals surface area (Å²) in [5.41, 5.74) is 7.96. The molecule has 12 nitrogen and oxygen atoms in total. The van der Waals surface area contributed by atoms with E-state index < -0.39 is 23.9 Å². The third kappa shape index (κ3) is 5.93. The number of carbonyl (C=O) groups is 4. The van der Waals surface area contributed by atoms with Gasteiger partial charge in [-0.3, -0.25) is 0 Å². The van der Waals surface area contributed by atoms with E-state index in [2.05, 4.69) is 15.0 Å². The number of hydrogen-bond donors (Lipinski definition) is 7. The number of nitrogens with one attached hydrogen (secondary N) is 3. The van der Waals surface area contributed by atoms with Crippen LogP contribution in [0.4, 0.5) is 0 Å². The van der Waals surface area contributed by atoms with E-state index >= 15 is 0 Å². The number of carboxylic acid groups (broad SMARTS) is 4. The van der Waals surface area contributed by atoms with Crippen LogP contribution in [0, 0.1) is 6.92 Å². The number of aryl methyl sites for hydroxylation is 1. The van der Waals surface area contributed by atoms with Crippen molar-refractivity contribution >= 4 is 69.1 Å². The molecule has 0 aliphatic carbocycles. The zero-order valence-corrected chi connectivity index (χ0v) is 28.3. The molecule has 1 aliphatic heterocycles. The molecule has 0 saturated heterocycles. The van der Waals surface area contributed by atoms with E-state index in [0.717, 1.165) is 23.3 Å². The molecule has 8 rings (SSSR count). The molecule has 7 aromatic rings. The first-order chi connectivity index (χ1) is 25.9. The monoisotopic (exact) mass is 716 g/mol. The fraction of sp³-hybridized carbons (Fsp3) is 0.0238. The lowest BCUT2D eigenvalue weighted by molar-refractivity contribution is 0.0676. The van der Waals surface area contributed by atoms with E-state index in [4.69, 9.17) is 4.98 Å². The predicted molar refractivity (Wildman–Crippen MR) is 204 cm³/mol. The Morgan fingerprint density at radius 3 is 1.17 bits per heavy atom. The highest BCUT2D eigenvalue weighted by molar-refractivity contribution is 6.04. The van der Waals surface area contributed by atoms with Crippen molar-refractivity contribution in [1.82, 2.24) is 19.9 Å². The van der Waals surface area contributed by atoms with Gasteiger partial charge in [0.2, 0.25) is 0 Å². The maximum absolute atomic E-state index is 12.2. The second-order valence-electron chi connectivity index (χ2n) is 12.9. The Bertz CT molecular complexity index is 2850. The van der Waals surface area contributed by atoms with Crippen LogP contribution in [0.2, 0.25) is 0 Å². The first kappa shape index (κ1) is 33.4. The third-order valence-corrected chi connectivity index (χ3v) is 9.35. The molecule has 0 fully saturated rings. The molecule has 0 spiro atoms. The molecule has 0 atom stereocenters. The summed E-state index contributed by atoms with van der Waals surface area (Å²) in [4.78, 5) is 64.0. The van der Waals surface area contributed by atoms with Crippen LogP contribution < -0.4 is 0 Å². The van der Waals surface area contributed by atoms with Gasteiger partial charge in [0.25, 0.3) is 0 Å². The van der Waals surface area contributed by atoms with Crippen molar-refractivity contribution in [3.8, 4) is 33.4 Å². The van der Waals surface area contributed by atoms with Crippen molar-refractivity contribution in [2.24, 2.45) is 0 Å². The second-order valence-corrected chi connectivity index (χ2v) is 12.9. The number of fused-ring (bicyclic) bond motifs is 9. The summed E-state index contributed by atoms with van der Waals surface area (Å²) in [6, 6.07) is 26.7. The Kier molecular flexibility index (Phi) is 7.92. The fourth-order valence-electron chi connectivity index (χ4n) is 6.82. The summed E-state index contributed by atoms with van der Waals surface area (Å²) in [6.07, 6.45) is 3.62. The van der Waals surface area contributed by atoms with Gasteiger partial charge in [0.15, 0.2) is 0 Å². The lowest BCUT2D eigenvalue weighted by atomic mass is 9.98. The van der Waals surface area contributed by atoms with Gasteiger partial charge in [-0.2, -0.15) is 0 Å². The quantitative estimate of drug-likeness (QED) is 0.0839. The highest BCUT2D eigenvalue weighted by Gasteiger charge is 2.20.